The summed E-state index contributed by atoms with van der Waals surface area (Å²) in [5, 5.41) is 17.2. The fourth-order valence-corrected chi connectivity index (χ4v) is 3.17. The topological polar surface area (TPSA) is 67.1 Å². The molecule has 0 bridgehead atoms. The molecular formula is C16H19F2N3O2. The molecule has 1 aliphatic rings. The van der Waals surface area contributed by atoms with Crippen LogP contribution in [-0.2, 0) is 11.3 Å². The first kappa shape index (κ1) is 15.7. The maximum absolute atomic E-state index is 12.7. The number of nitrogens with one attached hydrogen (secondary N) is 1. The number of aliphatic carboxylic acids is 1. The Kier molecular flexibility index (Phi) is 4.45. The van der Waals surface area contributed by atoms with E-state index < -0.39 is 18.3 Å². The summed E-state index contributed by atoms with van der Waals surface area (Å²) in [5.74, 6) is -1.42. The number of nitrogens with zero attached hydrogens (tertiary/aromatic N) is 2. The van der Waals surface area contributed by atoms with Crippen LogP contribution in [0.1, 0.15) is 25.7 Å². The molecule has 0 aliphatic heterocycles. The number of anilines is 1. The molecule has 124 valence electrons. The van der Waals surface area contributed by atoms with Crippen molar-refractivity contribution < 1.29 is 18.7 Å². The highest BCUT2D eigenvalue weighted by molar-refractivity contribution is 5.83. The summed E-state index contributed by atoms with van der Waals surface area (Å²) in [4.78, 5) is 10.9. The summed E-state index contributed by atoms with van der Waals surface area (Å²) in [6.45, 7) is -0.188. The standard InChI is InChI=1S/C16H19F2N3O2/c17-16(18)10-1-4-12(5-2-10)20-13-6-3-11-8-19-21(9-15(22)23)14(11)7-13/h3,6-8,10,12,16,20H,1-2,4-5,9H2,(H,22,23). The number of hydrogen-bond acceptors (Lipinski definition) is 3. The average molecular weight is 323 g/mol. The molecule has 0 unspecified atom stereocenters. The second-order valence-electron chi connectivity index (χ2n) is 6.06. The Morgan fingerprint density at radius 2 is 2.09 bits per heavy atom. The minimum atomic E-state index is -2.22. The molecule has 1 saturated carbocycles. The molecule has 0 saturated heterocycles. The van der Waals surface area contributed by atoms with Crippen molar-refractivity contribution in [1.29, 1.82) is 0 Å². The Morgan fingerprint density at radius 1 is 1.35 bits per heavy atom. The molecule has 2 aromatic rings. The zero-order valence-electron chi connectivity index (χ0n) is 12.6. The van der Waals surface area contributed by atoms with Gasteiger partial charge in [0.05, 0.1) is 11.7 Å². The van der Waals surface area contributed by atoms with E-state index in [0.717, 1.165) is 29.4 Å². The molecule has 0 spiro atoms. The molecule has 0 radical (unpaired) electrons. The van der Waals surface area contributed by atoms with E-state index in [0.29, 0.717) is 12.8 Å². The number of aromatic nitrogens is 2. The van der Waals surface area contributed by atoms with Crippen molar-refractivity contribution >= 4 is 22.6 Å². The zero-order chi connectivity index (χ0) is 16.4. The number of carbonyl (C=O) groups is 1. The third kappa shape index (κ3) is 3.60. The summed E-state index contributed by atoms with van der Waals surface area (Å²) in [6, 6.07) is 5.84. The van der Waals surface area contributed by atoms with Crippen molar-refractivity contribution in [3.8, 4) is 0 Å². The lowest BCUT2D eigenvalue weighted by atomic mass is 9.86. The van der Waals surface area contributed by atoms with Crippen LogP contribution in [0.2, 0.25) is 0 Å². The van der Waals surface area contributed by atoms with Crippen LogP contribution < -0.4 is 5.32 Å². The van der Waals surface area contributed by atoms with Crippen molar-refractivity contribution in [2.75, 3.05) is 5.32 Å². The van der Waals surface area contributed by atoms with E-state index in [1.807, 2.05) is 18.2 Å². The third-order valence-electron chi connectivity index (χ3n) is 4.43. The average Bonchev–Trinajstić information content (AvgIpc) is 2.90. The van der Waals surface area contributed by atoms with Gasteiger partial charge in [-0.1, -0.05) is 0 Å². The molecular weight excluding hydrogens is 304 g/mol. The first-order valence-corrected chi connectivity index (χ1v) is 7.75. The molecule has 1 aromatic heterocycles. The van der Waals surface area contributed by atoms with E-state index >= 15 is 0 Å². The van der Waals surface area contributed by atoms with Gasteiger partial charge in [0, 0.05) is 23.0 Å². The smallest absolute Gasteiger partial charge is 0.325 e. The molecule has 1 heterocycles. The number of hydrogen-bond donors (Lipinski definition) is 2. The molecule has 5 nitrogen and oxygen atoms in total. The van der Waals surface area contributed by atoms with Crippen molar-refractivity contribution in [3.05, 3.63) is 24.4 Å². The van der Waals surface area contributed by atoms with Crippen LogP contribution in [0.15, 0.2) is 24.4 Å². The van der Waals surface area contributed by atoms with Crippen molar-refractivity contribution in [1.82, 2.24) is 9.78 Å². The van der Waals surface area contributed by atoms with Crippen LogP contribution in [0, 0.1) is 5.92 Å². The fraction of sp³-hybridized carbons (Fsp3) is 0.500. The quantitative estimate of drug-likeness (QED) is 0.885. The second-order valence-corrected chi connectivity index (χ2v) is 6.06. The first-order chi connectivity index (χ1) is 11.0. The molecule has 3 rings (SSSR count). The van der Waals surface area contributed by atoms with Crippen LogP contribution >= 0.6 is 0 Å². The Balaban J connectivity index is 1.70. The molecule has 2 N–H and O–H groups in total. The van der Waals surface area contributed by atoms with E-state index in [1.165, 1.54) is 4.68 Å². The molecule has 23 heavy (non-hydrogen) atoms. The predicted octanol–water partition coefficient (Wildman–Crippen LogP) is 3.36. The van der Waals surface area contributed by atoms with Gasteiger partial charge in [-0.25, -0.2) is 8.78 Å². The molecule has 1 aliphatic carbocycles. The SMILES string of the molecule is O=C(O)Cn1ncc2ccc(NC3CCC(C(F)F)CC3)cc21. The van der Waals surface area contributed by atoms with Gasteiger partial charge in [-0.2, -0.15) is 5.10 Å². The van der Waals surface area contributed by atoms with Crippen molar-refractivity contribution in [2.45, 2.75) is 44.7 Å². The summed E-state index contributed by atoms with van der Waals surface area (Å²) >= 11 is 0. The zero-order valence-corrected chi connectivity index (χ0v) is 12.6. The number of rotatable bonds is 5. The van der Waals surface area contributed by atoms with Gasteiger partial charge in [0.25, 0.3) is 0 Å². The van der Waals surface area contributed by atoms with Gasteiger partial charge in [0.1, 0.15) is 6.54 Å². The number of benzene rings is 1. The highest BCUT2D eigenvalue weighted by atomic mass is 19.3. The lowest BCUT2D eigenvalue weighted by Gasteiger charge is -2.29. The summed E-state index contributed by atoms with van der Waals surface area (Å²) in [7, 11) is 0. The van der Waals surface area contributed by atoms with E-state index in [1.54, 1.807) is 6.20 Å². The van der Waals surface area contributed by atoms with Gasteiger partial charge < -0.3 is 10.4 Å². The lowest BCUT2D eigenvalue weighted by Crippen LogP contribution is -2.28. The minimum absolute atomic E-state index is 0.179. The number of fused-ring (bicyclic) bond motifs is 1. The van der Waals surface area contributed by atoms with Gasteiger partial charge in [-0.05, 0) is 43.9 Å². The largest absolute Gasteiger partial charge is 0.480 e. The van der Waals surface area contributed by atoms with Gasteiger partial charge in [-0.3, -0.25) is 9.48 Å². The highest BCUT2D eigenvalue weighted by Crippen LogP contribution is 2.31. The van der Waals surface area contributed by atoms with Crippen LogP contribution in [0.5, 0.6) is 0 Å². The van der Waals surface area contributed by atoms with Gasteiger partial charge >= 0.3 is 5.97 Å². The van der Waals surface area contributed by atoms with Crippen LogP contribution in [0.3, 0.4) is 0 Å². The minimum Gasteiger partial charge on any atom is -0.480 e. The van der Waals surface area contributed by atoms with Crippen molar-refractivity contribution in [2.24, 2.45) is 5.92 Å². The van der Waals surface area contributed by atoms with E-state index in [4.69, 9.17) is 5.11 Å². The number of carboxylic acid groups (broad SMARTS) is 1. The molecule has 1 fully saturated rings. The van der Waals surface area contributed by atoms with Crippen LogP contribution in [0.4, 0.5) is 14.5 Å². The third-order valence-corrected chi connectivity index (χ3v) is 4.43. The normalized spacial score (nSPS) is 21.7. The number of halogens is 2. The van der Waals surface area contributed by atoms with Gasteiger partial charge in [0.15, 0.2) is 0 Å². The predicted molar refractivity (Wildman–Crippen MR) is 82.7 cm³/mol. The maximum atomic E-state index is 12.7. The summed E-state index contributed by atoms with van der Waals surface area (Å²) in [6.07, 6.45) is 1.93. The highest BCUT2D eigenvalue weighted by Gasteiger charge is 2.27. The van der Waals surface area contributed by atoms with E-state index in [-0.39, 0.29) is 12.6 Å². The summed E-state index contributed by atoms with van der Waals surface area (Å²) in [5.41, 5.74) is 1.61. The molecule has 0 amide bonds. The monoisotopic (exact) mass is 323 g/mol. The Bertz CT molecular complexity index is 694. The van der Waals surface area contributed by atoms with Gasteiger partial charge in [-0.15, -0.1) is 0 Å². The molecule has 0 atom stereocenters. The van der Waals surface area contributed by atoms with Crippen molar-refractivity contribution in [3.63, 3.8) is 0 Å². The van der Waals surface area contributed by atoms with E-state index in [2.05, 4.69) is 10.4 Å². The van der Waals surface area contributed by atoms with Crippen LogP contribution in [0.25, 0.3) is 10.9 Å². The molecule has 7 heteroatoms. The maximum Gasteiger partial charge on any atom is 0.325 e. The first-order valence-electron chi connectivity index (χ1n) is 7.75. The number of alkyl halides is 2. The van der Waals surface area contributed by atoms with Gasteiger partial charge in [0.2, 0.25) is 6.43 Å². The Morgan fingerprint density at radius 3 is 2.74 bits per heavy atom. The van der Waals surface area contributed by atoms with Crippen LogP contribution in [-0.4, -0.2) is 33.3 Å². The fourth-order valence-electron chi connectivity index (χ4n) is 3.17. The second kappa shape index (κ2) is 6.52. The lowest BCUT2D eigenvalue weighted by molar-refractivity contribution is -0.137. The Labute approximate surface area is 132 Å². The number of carboxylic acids is 1. The van der Waals surface area contributed by atoms with E-state index in [9.17, 15) is 13.6 Å². The molecule has 1 aromatic carbocycles. The summed E-state index contributed by atoms with van der Waals surface area (Å²) < 4.78 is 26.8. The Hall–Kier alpha value is -2.18.